The molecule has 1 aromatic heterocycles. The number of hydrogen-bond donors (Lipinski definition) is 4. The van der Waals surface area contributed by atoms with Gasteiger partial charge in [0.1, 0.15) is 18.2 Å². The van der Waals surface area contributed by atoms with Crippen molar-refractivity contribution in [2.45, 2.75) is 45.2 Å². The lowest BCUT2D eigenvalue weighted by Gasteiger charge is -2.17. The maximum atomic E-state index is 11.7. The summed E-state index contributed by atoms with van der Waals surface area (Å²) in [6.45, 7) is 3.69. The average Bonchev–Trinajstić information content (AvgIpc) is 2.87. The van der Waals surface area contributed by atoms with Gasteiger partial charge in [0.15, 0.2) is 0 Å². The summed E-state index contributed by atoms with van der Waals surface area (Å²) in [5.74, 6) is -0.522. The highest BCUT2D eigenvalue weighted by Gasteiger charge is 2.20. The van der Waals surface area contributed by atoms with Crippen LogP contribution in [-0.2, 0) is 4.79 Å². The molecule has 1 heterocycles. The minimum Gasteiger partial charge on any atom is -0.480 e. The van der Waals surface area contributed by atoms with Crippen molar-refractivity contribution >= 4 is 12.0 Å². The van der Waals surface area contributed by atoms with Crippen LogP contribution in [0, 0.1) is 0 Å². The summed E-state index contributed by atoms with van der Waals surface area (Å²) in [7, 11) is 0. The molecule has 1 aromatic rings. The Balaban J connectivity index is 2.46. The Bertz CT molecular complexity index is 406. The van der Waals surface area contributed by atoms with Gasteiger partial charge in [-0.1, -0.05) is 19.8 Å². The number of unbranched alkanes of at least 4 members (excludes halogenated alkanes) is 1. The minimum absolute atomic E-state index is 0.372. The van der Waals surface area contributed by atoms with Crippen molar-refractivity contribution in [2.75, 3.05) is 0 Å². The molecule has 0 aromatic carbocycles. The first-order chi connectivity index (χ1) is 9.04. The number of amides is 2. The average molecular weight is 269 g/mol. The second-order valence-electron chi connectivity index (χ2n) is 4.24. The van der Waals surface area contributed by atoms with Gasteiger partial charge in [0.05, 0.1) is 6.04 Å². The molecule has 106 valence electrons. The van der Waals surface area contributed by atoms with Crippen molar-refractivity contribution < 1.29 is 14.7 Å². The van der Waals surface area contributed by atoms with Crippen molar-refractivity contribution in [3.63, 3.8) is 0 Å². The quantitative estimate of drug-likeness (QED) is 0.583. The molecule has 2 atom stereocenters. The van der Waals surface area contributed by atoms with Gasteiger partial charge in [0.25, 0.3) is 0 Å². The molecule has 2 unspecified atom stereocenters. The number of carbonyl (C=O) groups is 2. The molecule has 8 heteroatoms. The number of aromatic nitrogens is 3. The third kappa shape index (κ3) is 4.94. The van der Waals surface area contributed by atoms with E-state index in [2.05, 4.69) is 25.8 Å². The van der Waals surface area contributed by atoms with E-state index >= 15 is 0 Å². The van der Waals surface area contributed by atoms with Gasteiger partial charge in [-0.3, -0.25) is 5.10 Å². The third-order valence-corrected chi connectivity index (χ3v) is 2.64. The number of aromatic amines is 1. The van der Waals surface area contributed by atoms with E-state index in [1.165, 1.54) is 6.33 Å². The number of carboxylic acids is 1. The zero-order valence-electron chi connectivity index (χ0n) is 11.0. The Kier molecular flexibility index (Phi) is 5.77. The molecule has 0 saturated heterocycles. The second-order valence-corrected chi connectivity index (χ2v) is 4.24. The summed E-state index contributed by atoms with van der Waals surface area (Å²) in [4.78, 5) is 26.6. The first-order valence-electron chi connectivity index (χ1n) is 6.19. The number of urea groups is 1. The van der Waals surface area contributed by atoms with Crippen LogP contribution in [0.4, 0.5) is 4.79 Å². The fourth-order valence-corrected chi connectivity index (χ4v) is 1.55. The third-order valence-electron chi connectivity index (χ3n) is 2.64. The van der Waals surface area contributed by atoms with Crippen molar-refractivity contribution in [3.05, 3.63) is 12.2 Å². The zero-order valence-corrected chi connectivity index (χ0v) is 11.0. The lowest BCUT2D eigenvalue weighted by Crippen LogP contribution is -2.46. The molecule has 0 spiro atoms. The molecule has 19 heavy (non-hydrogen) atoms. The van der Waals surface area contributed by atoms with E-state index in [1.807, 2.05) is 6.92 Å². The predicted molar refractivity (Wildman–Crippen MR) is 67.4 cm³/mol. The Morgan fingerprint density at radius 1 is 1.47 bits per heavy atom. The molecule has 0 aliphatic heterocycles. The molecule has 0 aliphatic carbocycles. The normalized spacial score (nSPS) is 13.6. The SMILES string of the molecule is CCCCC(NC(=O)NC(C)c1ncn[nH]1)C(=O)O. The summed E-state index contributed by atoms with van der Waals surface area (Å²) >= 11 is 0. The van der Waals surface area contributed by atoms with Gasteiger partial charge >= 0.3 is 12.0 Å². The van der Waals surface area contributed by atoms with Crippen LogP contribution in [0.3, 0.4) is 0 Å². The molecule has 0 bridgehead atoms. The summed E-state index contributed by atoms with van der Waals surface area (Å²) in [6, 6.07) is -1.78. The van der Waals surface area contributed by atoms with Crippen molar-refractivity contribution in [1.29, 1.82) is 0 Å². The van der Waals surface area contributed by atoms with Crippen molar-refractivity contribution in [1.82, 2.24) is 25.8 Å². The molecule has 8 nitrogen and oxygen atoms in total. The Morgan fingerprint density at radius 2 is 2.21 bits per heavy atom. The van der Waals surface area contributed by atoms with Crippen LogP contribution in [0.2, 0.25) is 0 Å². The van der Waals surface area contributed by atoms with Crippen LogP contribution in [0.5, 0.6) is 0 Å². The zero-order chi connectivity index (χ0) is 14.3. The van der Waals surface area contributed by atoms with Gasteiger partial charge in [-0.25, -0.2) is 14.6 Å². The molecule has 0 radical (unpaired) electrons. The highest BCUT2D eigenvalue weighted by atomic mass is 16.4. The van der Waals surface area contributed by atoms with Gasteiger partial charge in [0.2, 0.25) is 0 Å². The fraction of sp³-hybridized carbons (Fsp3) is 0.636. The van der Waals surface area contributed by atoms with Crippen LogP contribution >= 0.6 is 0 Å². The lowest BCUT2D eigenvalue weighted by atomic mass is 10.1. The van der Waals surface area contributed by atoms with E-state index in [-0.39, 0.29) is 6.04 Å². The summed E-state index contributed by atoms with van der Waals surface area (Å²) < 4.78 is 0. The van der Waals surface area contributed by atoms with Gasteiger partial charge < -0.3 is 15.7 Å². The van der Waals surface area contributed by atoms with E-state index in [1.54, 1.807) is 6.92 Å². The van der Waals surface area contributed by atoms with Gasteiger partial charge in [-0.15, -0.1) is 0 Å². The standard InChI is InChI=1S/C11H19N5O3/c1-3-4-5-8(10(17)18)15-11(19)14-7(2)9-12-6-13-16-9/h6-8H,3-5H2,1-2H3,(H,17,18)(H,12,13,16)(H2,14,15,19). The number of carboxylic acid groups (broad SMARTS) is 1. The monoisotopic (exact) mass is 269 g/mol. The van der Waals surface area contributed by atoms with Crippen molar-refractivity contribution in [3.8, 4) is 0 Å². The second kappa shape index (κ2) is 7.34. The molecule has 2 amide bonds. The Labute approximate surface area is 111 Å². The predicted octanol–water partition coefficient (Wildman–Crippen LogP) is 0.808. The Morgan fingerprint density at radius 3 is 2.74 bits per heavy atom. The molecule has 0 fully saturated rings. The number of nitrogens with zero attached hydrogens (tertiary/aromatic N) is 2. The number of aliphatic carboxylic acids is 1. The molecule has 1 rings (SSSR count). The lowest BCUT2D eigenvalue weighted by molar-refractivity contribution is -0.139. The van der Waals surface area contributed by atoms with Gasteiger partial charge in [-0.2, -0.15) is 5.10 Å². The van der Waals surface area contributed by atoms with E-state index in [0.29, 0.717) is 12.2 Å². The summed E-state index contributed by atoms with van der Waals surface area (Å²) in [5, 5.41) is 20.3. The van der Waals surface area contributed by atoms with Crippen LogP contribution in [0.25, 0.3) is 0 Å². The number of nitrogens with one attached hydrogen (secondary N) is 3. The van der Waals surface area contributed by atoms with Crippen LogP contribution < -0.4 is 10.6 Å². The smallest absolute Gasteiger partial charge is 0.326 e. The summed E-state index contributed by atoms with van der Waals surface area (Å²) in [6.07, 6.45) is 3.37. The minimum atomic E-state index is -1.03. The van der Waals surface area contributed by atoms with Crippen LogP contribution in [0.15, 0.2) is 6.33 Å². The molecule has 4 N–H and O–H groups in total. The molecule has 0 aliphatic rings. The largest absolute Gasteiger partial charge is 0.480 e. The highest BCUT2D eigenvalue weighted by molar-refractivity contribution is 5.82. The van der Waals surface area contributed by atoms with Crippen LogP contribution in [0.1, 0.15) is 45.0 Å². The van der Waals surface area contributed by atoms with Crippen molar-refractivity contribution in [2.24, 2.45) is 0 Å². The molecular weight excluding hydrogens is 250 g/mol. The molecular formula is C11H19N5O3. The summed E-state index contributed by atoms with van der Waals surface area (Å²) in [5.41, 5.74) is 0. The highest BCUT2D eigenvalue weighted by Crippen LogP contribution is 2.04. The van der Waals surface area contributed by atoms with E-state index in [0.717, 1.165) is 12.8 Å². The maximum absolute atomic E-state index is 11.7. The molecule has 0 saturated carbocycles. The van der Waals surface area contributed by atoms with Gasteiger partial charge in [-0.05, 0) is 13.3 Å². The van der Waals surface area contributed by atoms with E-state index in [4.69, 9.17) is 5.11 Å². The van der Waals surface area contributed by atoms with Gasteiger partial charge in [0, 0.05) is 0 Å². The number of rotatable bonds is 7. The first kappa shape index (κ1) is 14.9. The number of carbonyl (C=O) groups excluding carboxylic acids is 1. The fourth-order valence-electron chi connectivity index (χ4n) is 1.55. The van der Waals surface area contributed by atoms with Crippen LogP contribution in [-0.4, -0.2) is 38.3 Å². The van der Waals surface area contributed by atoms with E-state index < -0.39 is 18.0 Å². The first-order valence-corrected chi connectivity index (χ1v) is 6.19. The van der Waals surface area contributed by atoms with E-state index in [9.17, 15) is 9.59 Å². The number of H-pyrrole nitrogens is 1. The Hall–Kier alpha value is -2.12. The number of hydrogen-bond acceptors (Lipinski definition) is 4. The topological polar surface area (TPSA) is 120 Å². The maximum Gasteiger partial charge on any atom is 0.326 e.